The van der Waals surface area contributed by atoms with Crippen molar-refractivity contribution in [3.05, 3.63) is 29.3 Å². The van der Waals surface area contributed by atoms with E-state index in [0.717, 1.165) is 12.8 Å². The smallest absolute Gasteiger partial charge is 0.333 e. The zero-order chi connectivity index (χ0) is 13.9. The van der Waals surface area contributed by atoms with Crippen LogP contribution >= 0.6 is 11.6 Å². The van der Waals surface area contributed by atoms with Gasteiger partial charge in [-0.05, 0) is 37.1 Å². The van der Waals surface area contributed by atoms with Gasteiger partial charge in [-0.1, -0.05) is 18.5 Å². The number of carboxylic acid groups (broad SMARTS) is 1. The highest BCUT2D eigenvalue weighted by Crippen LogP contribution is 2.49. The van der Waals surface area contributed by atoms with Gasteiger partial charge in [-0.15, -0.1) is 0 Å². The molecule has 0 amide bonds. The second-order valence-electron chi connectivity index (χ2n) is 5.05. The number of carboxylic acids is 1. The molecule has 2 rings (SSSR count). The van der Waals surface area contributed by atoms with Crippen LogP contribution in [-0.2, 0) is 9.53 Å². The van der Waals surface area contributed by atoms with E-state index in [4.69, 9.17) is 26.2 Å². The van der Waals surface area contributed by atoms with Crippen LogP contribution in [0.2, 0.25) is 5.02 Å². The number of benzene rings is 1. The van der Waals surface area contributed by atoms with Crippen LogP contribution in [0.3, 0.4) is 0 Å². The maximum absolute atomic E-state index is 11.1. The van der Waals surface area contributed by atoms with Gasteiger partial charge in [-0.2, -0.15) is 0 Å². The van der Waals surface area contributed by atoms with Gasteiger partial charge in [-0.25, -0.2) is 4.79 Å². The van der Waals surface area contributed by atoms with Crippen molar-refractivity contribution >= 4 is 17.6 Å². The fourth-order valence-corrected chi connectivity index (χ4v) is 2.01. The average Bonchev–Trinajstić information content (AvgIpc) is 3.09. The molecule has 0 saturated heterocycles. The Balaban J connectivity index is 1.74. The molecule has 0 aliphatic heterocycles. The maximum atomic E-state index is 11.1. The fourth-order valence-electron chi connectivity index (χ4n) is 1.89. The van der Waals surface area contributed by atoms with Crippen molar-refractivity contribution in [1.29, 1.82) is 0 Å². The van der Waals surface area contributed by atoms with E-state index in [0.29, 0.717) is 17.4 Å². The molecule has 19 heavy (non-hydrogen) atoms. The Hall–Kier alpha value is -1.26. The summed E-state index contributed by atoms with van der Waals surface area (Å²) in [6.45, 7) is 2.52. The predicted octanol–water partition coefficient (Wildman–Crippen LogP) is 2.99. The quantitative estimate of drug-likeness (QED) is 0.782. The van der Waals surface area contributed by atoms with Crippen molar-refractivity contribution in [3.8, 4) is 5.75 Å². The Bertz CT molecular complexity index is 439. The summed E-state index contributed by atoms with van der Waals surface area (Å²) < 4.78 is 10.9. The molecule has 0 heterocycles. The highest BCUT2D eigenvalue weighted by atomic mass is 35.5. The van der Waals surface area contributed by atoms with Gasteiger partial charge in [0.1, 0.15) is 12.4 Å². The summed E-state index contributed by atoms with van der Waals surface area (Å²) in [5, 5.41) is 9.76. The predicted molar refractivity (Wildman–Crippen MR) is 71.7 cm³/mol. The summed E-state index contributed by atoms with van der Waals surface area (Å²) in [4.78, 5) is 11.1. The first-order valence-corrected chi connectivity index (χ1v) is 6.62. The van der Waals surface area contributed by atoms with Crippen molar-refractivity contribution < 1.29 is 19.4 Å². The van der Waals surface area contributed by atoms with Gasteiger partial charge in [0, 0.05) is 10.4 Å². The van der Waals surface area contributed by atoms with Crippen LogP contribution < -0.4 is 4.74 Å². The van der Waals surface area contributed by atoms with Crippen LogP contribution in [0, 0.1) is 5.41 Å². The summed E-state index contributed by atoms with van der Waals surface area (Å²) in [6, 6.07) is 7.00. The van der Waals surface area contributed by atoms with Crippen LogP contribution in [0.4, 0.5) is 0 Å². The molecule has 4 nitrogen and oxygen atoms in total. The molecule has 0 radical (unpaired) electrons. The molecule has 1 aromatic rings. The zero-order valence-corrected chi connectivity index (χ0v) is 11.5. The fraction of sp³-hybridized carbons (Fsp3) is 0.500. The summed E-state index contributed by atoms with van der Waals surface area (Å²) in [6.07, 6.45) is 1.07. The summed E-state index contributed by atoms with van der Waals surface area (Å²) >= 11 is 5.76. The molecule has 1 atom stereocenters. The molecule has 0 spiro atoms. The molecule has 0 aromatic heterocycles. The molecule has 1 aliphatic carbocycles. The van der Waals surface area contributed by atoms with Gasteiger partial charge in [0.25, 0.3) is 0 Å². The van der Waals surface area contributed by atoms with E-state index in [1.54, 1.807) is 24.3 Å². The number of halogens is 1. The first-order valence-electron chi connectivity index (χ1n) is 6.24. The van der Waals surface area contributed by atoms with E-state index in [9.17, 15) is 4.79 Å². The summed E-state index contributed by atoms with van der Waals surface area (Å²) in [5.41, 5.74) is -0.202. The summed E-state index contributed by atoms with van der Waals surface area (Å²) in [7, 11) is 0. The van der Waals surface area contributed by atoms with E-state index in [-0.39, 0.29) is 12.0 Å². The molecule has 1 unspecified atom stereocenters. The average molecular weight is 285 g/mol. The van der Waals surface area contributed by atoms with Crippen LogP contribution in [0.25, 0.3) is 0 Å². The van der Waals surface area contributed by atoms with Gasteiger partial charge >= 0.3 is 5.97 Å². The monoisotopic (exact) mass is 284 g/mol. The third kappa shape index (κ3) is 3.85. The molecule has 1 aromatic carbocycles. The van der Waals surface area contributed by atoms with Crippen LogP contribution in [-0.4, -0.2) is 30.4 Å². The van der Waals surface area contributed by atoms with E-state index in [2.05, 4.69) is 0 Å². The minimum atomic E-state index is -0.897. The molecule has 1 N–H and O–H groups in total. The summed E-state index contributed by atoms with van der Waals surface area (Å²) in [5.74, 6) is -0.205. The Morgan fingerprint density at radius 2 is 2.00 bits per heavy atom. The van der Waals surface area contributed by atoms with Gasteiger partial charge in [0.15, 0.2) is 6.10 Å². The van der Waals surface area contributed by atoms with Crippen molar-refractivity contribution in [2.45, 2.75) is 25.9 Å². The SMILES string of the molecule is CC1(C(OCCOc2ccc(Cl)cc2)C(=O)O)CC1. The molecule has 0 bridgehead atoms. The topological polar surface area (TPSA) is 55.8 Å². The molecular weight excluding hydrogens is 268 g/mol. The number of hydrogen-bond donors (Lipinski definition) is 1. The minimum absolute atomic E-state index is 0.202. The van der Waals surface area contributed by atoms with E-state index in [1.165, 1.54) is 0 Å². The molecular formula is C14H17ClO4. The standard InChI is InChI=1S/C14H17ClO4/c1-14(6-7-14)12(13(16)17)19-9-8-18-11-4-2-10(15)3-5-11/h2-5,12H,6-9H2,1H3,(H,16,17). The third-order valence-corrected chi connectivity index (χ3v) is 3.60. The zero-order valence-electron chi connectivity index (χ0n) is 10.8. The van der Waals surface area contributed by atoms with Crippen LogP contribution in [0.1, 0.15) is 19.8 Å². The number of carbonyl (C=O) groups is 1. The van der Waals surface area contributed by atoms with Crippen molar-refractivity contribution in [3.63, 3.8) is 0 Å². The minimum Gasteiger partial charge on any atom is -0.491 e. The lowest BCUT2D eigenvalue weighted by molar-refractivity contribution is -0.155. The highest BCUT2D eigenvalue weighted by Gasteiger charge is 2.49. The van der Waals surface area contributed by atoms with Crippen LogP contribution in [0.5, 0.6) is 5.75 Å². The number of rotatable bonds is 7. The van der Waals surface area contributed by atoms with Crippen molar-refractivity contribution in [2.24, 2.45) is 5.41 Å². The van der Waals surface area contributed by atoms with Gasteiger partial charge in [0.2, 0.25) is 0 Å². The van der Waals surface area contributed by atoms with E-state index in [1.807, 2.05) is 6.92 Å². The Morgan fingerprint density at radius 3 is 2.53 bits per heavy atom. The second-order valence-corrected chi connectivity index (χ2v) is 5.48. The van der Waals surface area contributed by atoms with Crippen molar-refractivity contribution in [1.82, 2.24) is 0 Å². The van der Waals surface area contributed by atoms with E-state index >= 15 is 0 Å². The highest BCUT2D eigenvalue weighted by molar-refractivity contribution is 6.30. The molecule has 5 heteroatoms. The van der Waals surface area contributed by atoms with Crippen LogP contribution in [0.15, 0.2) is 24.3 Å². The Labute approximate surface area is 117 Å². The first kappa shape index (κ1) is 14.2. The maximum Gasteiger partial charge on any atom is 0.333 e. The van der Waals surface area contributed by atoms with Gasteiger partial charge < -0.3 is 14.6 Å². The molecule has 104 valence electrons. The normalized spacial score (nSPS) is 17.8. The Kier molecular flexibility index (Phi) is 4.32. The van der Waals surface area contributed by atoms with Crippen molar-refractivity contribution in [2.75, 3.05) is 13.2 Å². The first-order chi connectivity index (χ1) is 9.01. The van der Waals surface area contributed by atoms with Gasteiger partial charge in [0.05, 0.1) is 6.61 Å². The lowest BCUT2D eigenvalue weighted by Crippen LogP contribution is -2.33. The largest absolute Gasteiger partial charge is 0.491 e. The number of aliphatic carboxylic acids is 1. The number of hydrogen-bond acceptors (Lipinski definition) is 3. The molecule has 1 saturated carbocycles. The number of ether oxygens (including phenoxy) is 2. The lowest BCUT2D eigenvalue weighted by Gasteiger charge is -2.19. The Morgan fingerprint density at radius 1 is 1.37 bits per heavy atom. The lowest BCUT2D eigenvalue weighted by atomic mass is 10.0. The second kappa shape index (κ2) is 5.80. The van der Waals surface area contributed by atoms with E-state index < -0.39 is 12.1 Å². The third-order valence-electron chi connectivity index (χ3n) is 3.35. The molecule has 1 fully saturated rings. The molecule has 1 aliphatic rings. The van der Waals surface area contributed by atoms with Gasteiger partial charge in [-0.3, -0.25) is 0 Å².